The van der Waals surface area contributed by atoms with Gasteiger partial charge in [-0.3, -0.25) is 10.4 Å². The molecule has 0 amide bonds. The third-order valence-electron chi connectivity index (χ3n) is 4.28. The number of nitrogens with one attached hydrogen (secondary N) is 1. The maximum atomic E-state index is 9.55. The lowest BCUT2D eigenvalue weighted by molar-refractivity contribution is 0.455. The largest absolute Gasteiger partial charge is 0.441 e. The van der Waals surface area contributed by atoms with E-state index in [0.717, 1.165) is 21.9 Å². The molecule has 0 radical (unpaired) electrons. The molecule has 2 heterocycles. The van der Waals surface area contributed by atoms with E-state index in [9.17, 15) is 5.26 Å². The van der Waals surface area contributed by atoms with Crippen molar-refractivity contribution in [1.29, 1.82) is 10.7 Å². The van der Waals surface area contributed by atoms with E-state index in [1.54, 1.807) is 12.4 Å². The van der Waals surface area contributed by atoms with Crippen LogP contribution in [0.3, 0.4) is 0 Å². The van der Waals surface area contributed by atoms with Gasteiger partial charge in [-0.25, -0.2) is 0 Å². The number of rotatable bonds is 1. The number of benzene rings is 2. The number of fused-ring (bicyclic) bond motifs is 3. The minimum Gasteiger partial charge on any atom is -0.441 e. The molecule has 0 saturated carbocycles. The van der Waals surface area contributed by atoms with Gasteiger partial charge >= 0.3 is 0 Å². The number of nitriles is 1. The van der Waals surface area contributed by atoms with Crippen molar-refractivity contribution < 1.29 is 4.74 Å². The number of hydrogen-bond acceptors (Lipinski definition) is 4. The van der Waals surface area contributed by atoms with Crippen molar-refractivity contribution in [2.24, 2.45) is 5.92 Å². The van der Waals surface area contributed by atoms with Crippen molar-refractivity contribution >= 4 is 16.7 Å². The molecule has 3 aromatic rings. The summed E-state index contributed by atoms with van der Waals surface area (Å²) in [6.45, 7) is 0. The van der Waals surface area contributed by atoms with Crippen LogP contribution in [-0.4, -0.2) is 10.9 Å². The molecule has 1 aliphatic rings. The first-order valence-corrected chi connectivity index (χ1v) is 7.37. The predicted octanol–water partition coefficient (Wildman–Crippen LogP) is 3.88. The number of ether oxygens (including phenoxy) is 1. The quantitative estimate of drug-likeness (QED) is 0.741. The molecule has 2 unspecified atom stereocenters. The zero-order valence-corrected chi connectivity index (χ0v) is 12.2. The van der Waals surface area contributed by atoms with Gasteiger partial charge in [0.05, 0.1) is 6.07 Å². The van der Waals surface area contributed by atoms with Gasteiger partial charge in [0.1, 0.15) is 11.7 Å². The van der Waals surface area contributed by atoms with E-state index < -0.39 is 5.92 Å². The van der Waals surface area contributed by atoms with Gasteiger partial charge < -0.3 is 4.74 Å². The van der Waals surface area contributed by atoms with Crippen LogP contribution < -0.4 is 4.74 Å². The highest BCUT2D eigenvalue weighted by molar-refractivity contribution is 5.95. The monoisotopic (exact) mass is 299 g/mol. The Labute approximate surface area is 133 Å². The van der Waals surface area contributed by atoms with Crippen LogP contribution in [-0.2, 0) is 0 Å². The van der Waals surface area contributed by atoms with E-state index in [2.05, 4.69) is 11.1 Å². The fourth-order valence-corrected chi connectivity index (χ4v) is 3.20. The van der Waals surface area contributed by atoms with Crippen LogP contribution in [0, 0.1) is 22.7 Å². The van der Waals surface area contributed by atoms with Gasteiger partial charge in [0.15, 0.2) is 0 Å². The summed E-state index contributed by atoms with van der Waals surface area (Å²) in [6, 6.07) is 18.0. The molecule has 4 rings (SSSR count). The standard InChI is InChI=1S/C19H13N3O/c20-11-16-17(13-7-9-22-10-8-13)15-6-5-12-3-1-2-4-14(12)18(15)23-19(16)21/h1-10,16-17,21H. The van der Waals surface area contributed by atoms with E-state index in [-0.39, 0.29) is 11.8 Å². The number of pyridine rings is 1. The Morgan fingerprint density at radius 1 is 1.04 bits per heavy atom. The minimum absolute atomic E-state index is 0.00170. The summed E-state index contributed by atoms with van der Waals surface area (Å²) in [5.41, 5.74) is 1.91. The van der Waals surface area contributed by atoms with Gasteiger partial charge in [-0.1, -0.05) is 36.4 Å². The zero-order chi connectivity index (χ0) is 15.8. The maximum absolute atomic E-state index is 9.55. The second kappa shape index (κ2) is 5.22. The van der Waals surface area contributed by atoms with E-state index in [4.69, 9.17) is 10.1 Å². The Hall–Kier alpha value is -3.19. The summed E-state index contributed by atoms with van der Waals surface area (Å²) in [5, 5.41) is 19.7. The summed E-state index contributed by atoms with van der Waals surface area (Å²) < 4.78 is 5.75. The summed E-state index contributed by atoms with van der Waals surface area (Å²) in [5.74, 6) is -0.172. The highest BCUT2D eigenvalue weighted by atomic mass is 16.5. The van der Waals surface area contributed by atoms with E-state index in [1.807, 2.05) is 48.5 Å². The van der Waals surface area contributed by atoms with Crippen LogP contribution >= 0.6 is 0 Å². The average molecular weight is 299 g/mol. The molecule has 1 N–H and O–H groups in total. The molecule has 1 aromatic heterocycles. The van der Waals surface area contributed by atoms with E-state index in [0.29, 0.717) is 5.75 Å². The first-order valence-electron chi connectivity index (χ1n) is 7.37. The van der Waals surface area contributed by atoms with Crippen LogP contribution in [0.5, 0.6) is 5.75 Å². The molecule has 2 aromatic carbocycles. The predicted molar refractivity (Wildman–Crippen MR) is 87.5 cm³/mol. The van der Waals surface area contributed by atoms with Crippen molar-refractivity contribution in [3.63, 3.8) is 0 Å². The highest BCUT2D eigenvalue weighted by Gasteiger charge is 2.37. The van der Waals surface area contributed by atoms with Crippen molar-refractivity contribution in [1.82, 2.24) is 4.98 Å². The highest BCUT2D eigenvalue weighted by Crippen LogP contribution is 2.45. The third kappa shape index (κ3) is 2.06. The number of aromatic nitrogens is 1. The average Bonchev–Trinajstić information content (AvgIpc) is 2.61. The van der Waals surface area contributed by atoms with E-state index in [1.165, 1.54) is 0 Å². The van der Waals surface area contributed by atoms with Gasteiger partial charge in [0.2, 0.25) is 5.90 Å². The Bertz CT molecular complexity index is 944. The summed E-state index contributed by atoms with van der Waals surface area (Å²) in [7, 11) is 0. The number of hydrogen-bond donors (Lipinski definition) is 1. The van der Waals surface area contributed by atoms with Crippen molar-refractivity contribution in [3.8, 4) is 11.8 Å². The van der Waals surface area contributed by atoms with Gasteiger partial charge in [0, 0.05) is 29.3 Å². The van der Waals surface area contributed by atoms with Crippen LogP contribution in [0.15, 0.2) is 60.9 Å². The fourth-order valence-electron chi connectivity index (χ4n) is 3.20. The van der Waals surface area contributed by atoms with Crippen LogP contribution in [0.1, 0.15) is 17.0 Å². The fraction of sp³-hybridized carbons (Fsp3) is 0.105. The molecule has 1 aliphatic heterocycles. The first-order chi connectivity index (χ1) is 11.3. The molecular weight excluding hydrogens is 286 g/mol. The van der Waals surface area contributed by atoms with Crippen molar-refractivity contribution in [2.75, 3.05) is 0 Å². The third-order valence-corrected chi connectivity index (χ3v) is 4.28. The van der Waals surface area contributed by atoms with Crippen LogP contribution in [0.2, 0.25) is 0 Å². The molecule has 110 valence electrons. The first kappa shape index (κ1) is 13.5. The number of nitrogens with zero attached hydrogens (tertiary/aromatic N) is 2. The Morgan fingerprint density at radius 2 is 1.83 bits per heavy atom. The molecule has 2 atom stereocenters. The lowest BCUT2D eigenvalue weighted by atomic mass is 9.78. The normalized spacial score (nSPS) is 19.7. The van der Waals surface area contributed by atoms with Gasteiger partial charge in [0.25, 0.3) is 0 Å². The molecule has 0 bridgehead atoms. The molecule has 23 heavy (non-hydrogen) atoms. The van der Waals surface area contributed by atoms with Gasteiger partial charge in [-0.15, -0.1) is 0 Å². The molecular formula is C19H13N3O. The smallest absolute Gasteiger partial charge is 0.205 e. The van der Waals surface area contributed by atoms with Crippen LogP contribution in [0.4, 0.5) is 0 Å². The minimum atomic E-state index is -0.633. The Morgan fingerprint density at radius 3 is 2.61 bits per heavy atom. The molecule has 0 fully saturated rings. The van der Waals surface area contributed by atoms with Crippen molar-refractivity contribution in [2.45, 2.75) is 5.92 Å². The molecule has 4 heteroatoms. The Kier molecular flexibility index (Phi) is 3.06. The lowest BCUT2D eigenvalue weighted by Crippen LogP contribution is -2.31. The van der Waals surface area contributed by atoms with Gasteiger partial charge in [-0.05, 0) is 23.1 Å². The molecule has 0 spiro atoms. The maximum Gasteiger partial charge on any atom is 0.205 e. The van der Waals surface area contributed by atoms with E-state index >= 15 is 0 Å². The molecule has 4 nitrogen and oxygen atoms in total. The van der Waals surface area contributed by atoms with Crippen molar-refractivity contribution in [3.05, 3.63) is 72.1 Å². The Balaban J connectivity index is 2.01. The zero-order valence-electron chi connectivity index (χ0n) is 12.2. The summed E-state index contributed by atoms with van der Waals surface area (Å²) in [4.78, 5) is 4.05. The second-order valence-electron chi connectivity index (χ2n) is 5.54. The lowest BCUT2D eigenvalue weighted by Gasteiger charge is -2.31. The molecule has 0 saturated heterocycles. The second-order valence-corrected chi connectivity index (χ2v) is 5.54. The van der Waals surface area contributed by atoms with Crippen LogP contribution in [0.25, 0.3) is 10.8 Å². The summed E-state index contributed by atoms with van der Waals surface area (Å²) >= 11 is 0. The summed E-state index contributed by atoms with van der Waals surface area (Å²) in [6.07, 6.45) is 3.42. The topological polar surface area (TPSA) is 69.8 Å². The van der Waals surface area contributed by atoms with Gasteiger partial charge in [-0.2, -0.15) is 5.26 Å². The SMILES string of the molecule is N#CC1C(=N)Oc2c(ccc3ccccc23)C1c1ccncc1. The molecule has 0 aliphatic carbocycles.